The summed E-state index contributed by atoms with van der Waals surface area (Å²) >= 11 is 0. The molecule has 1 atom stereocenters. The van der Waals surface area contributed by atoms with Crippen LogP contribution in [0.5, 0.6) is 0 Å². The van der Waals surface area contributed by atoms with Crippen LogP contribution in [-0.2, 0) is 0 Å². The van der Waals surface area contributed by atoms with Gasteiger partial charge in [-0.1, -0.05) is 30.3 Å². The third-order valence-electron chi connectivity index (χ3n) is 3.55. The van der Waals surface area contributed by atoms with Gasteiger partial charge in [-0.15, -0.1) is 0 Å². The standard InChI is InChI=1S/C16H17N5O/c1-10(11-6-4-3-5-7-11)20-14-12-8-13(16(22)17-2)21-15(12)19-9-18-14/h3-10H,1-2H3,(H,17,22)(H2,18,19,20,21). The predicted octanol–water partition coefficient (Wildman–Crippen LogP) is 2.49. The van der Waals surface area contributed by atoms with Gasteiger partial charge in [-0.2, -0.15) is 0 Å². The Kier molecular flexibility index (Phi) is 3.74. The van der Waals surface area contributed by atoms with Crippen LogP contribution in [0.15, 0.2) is 42.7 Å². The molecule has 0 saturated carbocycles. The molecule has 2 heterocycles. The molecule has 0 bridgehead atoms. The van der Waals surface area contributed by atoms with Crippen molar-refractivity contribution in [3.05, 3.63) is 54.0 Å². The second-order valence-electron chi connectivity index (χ2n) is 5.02. The van der Waals surface area contributed by atoms with E-state index in [2.05, 4.69) is 44.6 Å². The summed E-state index contributed by atoms with van der Waals surface area (Å²) in [5.41, 5.74) is 2.26. The molecule has 1 unspecified atom stereocenters. The molecule has 3 rings (SSSR count). The molecule has 0 aliphatic carbocycles. The monoisotopic (exact) mass is 295 g/mol. The number of hydrogen-bond donors (Lipinski definition) is 3. The molecule has 0 aliphatic heterocycles. The van der Waals surface area contributed by atoms with E-state index in [1.807, 2.05) is 18.2 Å². The first-order chi connectivity index (χ1) is 10.7. The molecule has 0 saturated heterocycles. The van der Waals surface area contributed by atoms with Gasteiger partial charge in [0, 0.05) is 13.1 Å². The summed E-state index contributed by atoms with van der Waals surface area (Å²) in [5, 5.41) is 6.75. The van der Waals surface area contributed by atoms with Crippen LogP contribution in [0.2, 0.25) is 0 Å². The lowest BCUT2D eigenvalue weighted by molar-refractivity contribution is 0.0959. The molecule has 0 radical (unpaired) electrons. The number of fused-ring (bicyclic) bond motifs is 1. The number of nitrogens with zero attached hydrogens (tertiary/aromatic N) is 2. The molecule has 0 spiro atoms. The zero-order chi connectivity index (χ0) is 15.5. The smallest absolute Gasteiger partial charge is 0.267 e. The zero-order valence-corrected chi connectivity index (χ0v) is 12.4. The van der Waals surface area contributed by atoms with Crippen molar-refractivity contribution in [3.8, 4) is 0 Å². The molecule has 3 aromatic rings. The first kappa shape index (κ1) is 14.1. The van der Waals surface area contributed by atoms with Gasteiger partial charge in [0.2, 0.25) is 0 Å². The van der Waals surface area contributed by atoms with E-state index in [4.69, 9.17) is 0 Å². The maximum absolute atomic E-state index is 11.7. The third kappa shape index (κ3) is 2.63. The average Bonchev–Trinajstić information content (AvgIpc) is 3.00. The number of aromatic nitrogens is 3. The summed E-state index contributed by atoms with van der Waals surface area (Å²) in [6.45, 7) is 2.07. The molecule has 1 aromatic carbocycles. The van der Waals surface area contributed by atoms with Gasteiger partial charge >= 0.3 is 0 Å². The molecular formula is C16H17N5O. The second-order valence-corrected chi connectivity index (χ2v) is 5.02. The van der Waals surface area contributed by atoms with Crippen LogP contribution in [0.1, 0.15) is 29.0 Å². The van der Waals surface area contributed by atoms with Crippen molar-refractivity contribution >= 4 is 22.8 Å². The molecule has 2 aromatic heterocycles. The van der Waals surface area contributed by atoms with Crippen molar-refractivity contribution in [1.82, 2.24) is 20.3 Å². The molecule has 6 nitrogen and oxygen atoms in total. The Labute approximate surface area is 128 Å². The number of nitrogens with one attached hydrogen (secondary N) is 3. The Balaban J connectivity index is 1.93. The molecule has 0 aliphatic rings. The second kappa shape index (κ2) is 5.85. The van der Waals surface area contributed by atoms with Gasteiger partial charge in [-0.25, -0.2) is 9.97 Å². The van der Waals surface area contributed by atoms with Gasteiger partial charge in [0.25, 0.3) is 5.91 Å². The van der Waals surface area contributed by atoms with Crippen LogP contribution in [-0.4, -0.2) is 27.9 Å². The van der Waals surface area contributed by atoms with Gasteiger partial charge in [-0.05, 0) is 18.6 Å². The maximum atomic E-state index is 11.7. The number of amides is 1. The molecule has 1 amide bonds. The van der Waals surface area contributed by atoms with Gasteiger partial charge in [0.05, 0.1) is 5.39 Å². The van der Waals surface area contributed by atoms with E-state index < -0.39 is 0 Å². The van der Waals surface area contributed by atoms with Crippen LogP contribution in [0.25, 0.3) is 11.0 Å². The van der Waals surface area contributed by atoms with E-state index in [1.54, 1.807) is 13.1 Å². The summed E-state index contributed by atoms with van der Waals surface area (Å²) in [6, 6.07) is 12.0. The summed E-state index contributed by atoms with van der Waals surface area (Å²) < 4.78 is 0. The van der Waals surface area contributed by atoms with Crippen molar-refractivity contribution in [3.63, 3.8) is 0 Å². The van der Waals surface area contributed by atoms with Gasteiger partial charge in [0.15, 0.2) is 0 Å². The third-order valence-corrected chi connectivity index (χ3v) is 3.55. The topological polar surface area (TPSA) is 82.7 Å². The molecular weight excluding hydrogens is 278 g/mol. The Bertz CT molecular complexity index is 797. The minimum atomic E-state index is -0.181. The molecule has 3 N–H and O–H groups in total. The molecule has 112 valence electrons. The van der Waals surface area contributed by atoms with Crippen LogP contribution in [0.3, 0.4) is 0 Å². The Hall–Kier alpha value is -2.89. The summed E-state index contributed by atoms with van der Waals surface area (Å²) in [5.74, 6) is 0.521. The number of carbonyl (C=O) groups is 1. The Morgan fingerprint density at radius 2 is 2.00 bits per heavy atom. The Morgan fingerprint density at radius 1 is 1.23 bits per heavy atom. The number of carbonyl (C=O) groups excluding carboxylic acids is 1. The zero-order valence-electron chi connectivity index (χ0n) is 12.4. The number of hydrogen-bond acceptors (Lipinski definition) is 4. The highest BCUT2D eigenvalue weighted by Gasteiger charge is 2.14. The lowest BCUT2D eigenvalue weighted by Crippen LogP contribution is -2.17. The van der Waals surface area contributed by atoms with Crippen molar-refractivity contribution < 1.29 is 4.79 Å². The van der Waals surface area contributed by atoms with Gasteiger partial charge in [0.1, 0.15) is 23.5 Å². The predicted molar refractivity (Wildman–Crippen MR) is 85.8 cm³/mol. The summed E-state index contributed by atoms with van der Waals surface area (Å²) in [4.78, 5) is 23.2. The number of aromatic amines is 1. The Morgan fingerprint density at radius 3 is 2.73 bits per heavy atom. The largest absolute Gasteiger partial charge is 0.363 e. The van der Waals surface area contributed by atoms with Crippen molar-refractivity contribution in [1.29, 1.82) is 0 Å². The maximum Gasteiger partial charge on any atom is 0.267 e. The normalized spacial score (nSPS) is 12.1. The van der Waals surface area contributed by atoms with E-state index in [0.29, 0.717) is 17.2 Å². The minimum Gasteiger partial charge on any atom is -0.363 e. The first-order valence-corrected chi connectivity index (χ1v) is 7.06. The van der Waals surface area contributed by atoms with Gasteiger partial charge < -0.3 is 15.6 Å². The lowest BCUT2D eigenvalue weighted by atomic mass is 10.1. The minimum absolute atomic E-state index is 0.0950. The SMILES string of the molecule is CNC(=O)c1cc2c(NC(C)c3ccccc3)ncnc2[nH]1. The number of rotatable bonds is 4. The van der Waals surface area contributed by atoms with Crippen molar-refractivity contribution in [2.24, 2.45) is 0 Å². The van der Waals surface area contributed by atoms with E-state index in [1.165, 1.54) is 6.33 Å². The van der Waals surface area contributed by atoms with Crippen LogP contribution in [0.4, 0.5) is 5.82 Å². The van der Waals surface area contributed by atoms with Crippen LogP contribution >= 0.6 is 0 Å². The van der Waals surface area contributed by atoms with E-state index in [-0.39, 0.29) is 11.9 Å². The molecule has 22 heavy (non-hydrogen) atoms. The average molecular weight is 295 g/mol. The first-order valence-electron chi connectivity index (χ1n) is 7.06. The van der Waals surface area contributed by atoms with Gasteiger partial charge in [-0.3, -0.25) is 4.79 Å². The van der Waals surface area contributed by atoms with Crippen LogP contribution in [0, 0.1) is 0 Å². The highest BCUT2D eigenvalue weighted by Crippen LogP contribution is 2.24. The fourth-order valence-electron chi connectivity index (χ4n) is 2.34. The molecule has 6 heteroatoms. The van der Waals surface area contributed by atoms with Crippen molar-refractivity contribution in [2.45, 2.75) is 13.0 Å². The lowest BCUT2D eigenvalue weighted by Gasteiger charge is -2.15. The van der Waals surface area contributed by atoms with Crippen LogP contribution < -0.4 is 10.6 Å². The van der Waals surface area contributed by atoms with E-state index in [0.717, 1.165) is 10.9 Å². The van der Waals surface area contributed by atoms with Crippen molar-refractivity contribution in [2.75, 3.05) is 12.4 Å². The quantitative estimate of drug-likeness (QED) is 0.690. The fraction of sp³-hybridized carbons (Fsp3) is 0.188. The van der Waals surface area contributed by atoms with E-state index >= 15 is 0 Å². The summed E-state index contributed by atoms with van der Waals surface area (Å²) in [7, 11) is 1.59. The summed E-state index contributed by atoms with van der Waals surface area (Å²) in [6.07, 6.45) is 1.48. The highest BCUT2D eigenvalue weighted by molar-refractivity contribution is 5.99. The number of anilines is 1. The van der Waals surface area contributed by atoms with E-state index in [9.17, 15) is 4.79 Å². The highest BCUT2D eigenvalue weighted by atomic mass is 16.1. The number of H-pyrrole nitrogens is 1. The number of benzene rings is 1. The fourth-order valence-corrected chi connectivity index (χ4v) is 2.34. The molecule has 0 fully saturated rings.